The second-order valence-electron chi connectivity index (χ2n) is 7.77. The number of hydrogen-bond acceptors (Lipinski definition) is 6. The van der Waals surface area contributed by atoms with Gasteiger partial charge in [0.15, 0.2) is 0 Å². The van der Waals surface area contributed by atoms with Gasteiger partial charge in [-0.2, -0.15) is 13.2 Å². The number of aromatic nitrogens is 2. The van der Waals surface area contributed by atoms with Crippen LogP contribution in [0.3, 0.4) is 0 Å². The Kier molecular flexibility index (Phi) is 5.79. The quantitative estimate of drug-likeness (QED) is 0.565. The van der Waals surface area contributed by atoms with Crippen LogP contribution in [0.1, 0.15) is 41.3 Å². The summed E-state index contributed by atoms with van der Waals surface area (Å²) in [5, 5.41) is 3.62. The van der Waals surface area contributed by atoms with Crippen LogP contribution in [0, 0.1) is 6.92 Å². The van der Waals surface area contributed by atoms with Gasteiger partial charge in [-0.15, -0.1) is 0 Å². The molecule has 3 heterocycles. The molecule has 0 amide bonds. The molecule has 0 radical (unpaired) electrons. The zero-order valence-electron chi connectivity index (χ0n) is 17.6. The lowest BCUT2D eigenvalue weighted by atomic mass is 9.91. The summed E-state index contributed by atoms with van der Waals surface area (Å²) in [5.41, 5.74) is 0.843. The van der Waals surface area contributed by atoms with Gasteiger partial charge < -0.3 is 14.0 Å². The topological polar surface area (TPSA) is 60.6 Å². The van der Waals surface area contributed by atoms with Crippen molar-refractivity contribution in [3.63, 3.8) is 0 Å². The van der Waals surface area contributed by atoms with Gasteiger partial charge in [0.1, 0.15) is 11.5 Å². The standard InChI is InChI=1S/C22H24F3N3O3/c1-13-20-17(22(23,24)25)11-18(26-21(20)31-27-13)14-6-8-28(9-7-14)12-15-10-16(29-2)4-5-19(15)30-3/h4-5,10-11,14H,6-9,12H2,1-3H3. The van der Waals surface area contributed by atoms with E-state index < -0.39 is 11.7 Å². The maximum absolute atomic E-state index is 13.6. The van der Waals surface area contributed by atoms with Crippen molar-refractivity contribution in [3.8, 4) is 11.5 Å². The smallest absolute Gasteiger partial charge is 0.417 e. The maximum atomic E-state index is 13.6. The minimum Gasteiger partial charge on any atom is -0.497 e. The zero-order chi connectivity index (χ0) is 22.2. The summed E-state index contributed by atoms with van der Waals surface area (Å²) in [6.07, 6.45) is -3.08. The summed E-state index contributed by atoms with van der Waals surface area (Å²) >= 11 is 0. The molecule has 3 aromatic rings. The highest BCUT2D eigenvalue weighted by Gasteiger charge is 2.36. The highest BCUT2D eigenvalue weighted by Crippen LogP contribution is 2.39. The third kappa shape index (κ3) is 4.32. The van der Waals surface area contributed by atoms with E-state index in [2.05, 4.69) is 15.0 Å². The van der Waals surface area contributed by atoms with Crippen LogP contribution in [0.2, 0.25) is 0 Å². The Hall–Kier alpha value is -2.81. The summed E-state index contributed by atoms with van der Waals surface area (Å²) in [5.74, 6) is 1.47. The van der Waals surface area contributed by atoms with E-state index in [0.29, 0.717) is 25.1 Å². The summed E-state index contributed by atoms with van der Waals surface area (Å²) in [6.45, 7) is 3.64. The van der Waals surface area contributed by atoms with E-state index in [-0.39, 0.29) is 22.7 Å². The molecule has 1 aliphatic rings. The lowest BCUT2D eigenvalue weighted by molar-refractivity contribution is -0.136. The van der Waals surface area contributed by atoms with E-state index in [1.54, 1.807) is 14.2 Å². The van der Waals surface area contributed by atoms with Gasteiger partial charge in [0.2, 0.25) is 0 Å². The minimum absolute atomic E-state index is 0.0501. The number of halogens is 3. The molecule has 31 heavy (non-hydrogen) atoms. The van der Waals surface area contributed by atoms with Crippen molar-refractivity contribution in [1.29, 1.82) is 0 Å². The molecule has 1 saturated heterocycles. The number of ether oxygens (including phenoxy) is 2. The third-order valence-corrected chi connectivity index (χ3v) is 5.83. The molecule has 0 aliphatic carbocycles. The first-order valence-corrected chi connectivity index (χ1v) is 10.1. The van der Waals surface area contributed by atoms with E-state index in [4.69, 9.17) is 14.0 Å². The van der Waals surface area contributed by atoms with Gasteiger partial charge in [-0.3, -0.25) is 4.90 Å². The largest absolute Gasteiger partial charge is 0.497 e. The maximum Gasteiger partial charge on any atom is 0.417 e. The van der Waals surface area contributed by atoms with Gasteiger partial charge in [0.05, 0.1) is 30.9 Å². The van der Waals surface area contributed by atoms with Gasteiger partial charge in [-0.1, -0.05) is 5.16 Å². The van der Waals surface area contributed by atoms with Crippen molar-refractivity contribution in [2.45, 2.75) is 38.4 Å². The van der Waals surface area contributed by atoms with Gasteiger partial charge in [0, 0.05) is 23.7 Å². The van der Waals surface area contributed by atoms with E-state index in [1.165, 1.54) is 6.92 Å². The number of methoxy groups -OCH3 is 2. The number of pyridine rings is 1. The van der Waals surface area contributed by atoms with Crippen molar-refractivity contribution in [1.82, 2.24) is 15.0 Å². The molecule has 6 nitrogen and oxygen atoms in total. The van der Waals surface area contributed by atoms with Gasteiger partial charge in [-0.05, 0) is 57.1 Å². The fourth-order valence-electron chi connectivity index (χ4n) is 4.18. The molecule has 9 heteroatoms. The lowest BCUT2D eigenvalue weighted by Gasteiger charge is -2.32. The highest BCUT2D eigenvalue weighted by atomic mass is 19.4. The molecule has 0 bridgehead atoms. The Balaban J connectivity index is 1.51. The fraction of sp³-hybridized carbons (Fsp3) is 0.455. The molecule has 4 rings (SSSR count). The van der Waals surface area contributed by atoms with E-state index >= 15 is 0 Å². The van der Waals surface area contributed by atoms with Crippen LogP contribution >= 0.6 is 0 Å². The first-order valence-electron chi connectivity index (χ1n) is 10.1. The summed E-state index contributed by atoms with van der Waals surface area (Å²) in [7, 11) is 3.24. The number of hydrogen-bond donors (Lipinski definition) is 0. The average molecular weight is 435 g/mol. The SMILES string of the molecule is COc1ccc(OC)c(CN2CCC(c3cc(C(F)(F)F)c4c(C)noc4n3)CC2)c1. The normalized spacial score (nSPS) is 16.1. The van der Waals surface area contributed by atoms with E-state index in [9.17, 15) is 13.2 Å². The molecule has 166 valence electrons. The van der Waals surface area contributed by atoms with Crippen LogP contribution in [-0.4, -0.2) is 42.3 Å². The van der Waals surface area contributed by atoms with Crippen LogP contribution in [0.5, 0.6) is 11.5 Å². The highest BCUT2D eigenvalue weighted by molar-refractivity contribution is 5.80. The Morgan fingerprint density at radius 3 is 2.52 bits per heavy atom. The zero-order valence-corrected chi connectivity index (χ0v) is 17.6. The fourth-order valence-corrected chi connectivity index (χ4v) is 4.18. The Morgan fingerprint density at radius 1 is 1.13 bits per heavy atom. The Labute approximate surface area is 177 Å². The number of likely N-dealkylation sites (tertiary alicyclic amines) is 1. The number of alkyl halides is 3. The first kappa shape index (κ1) is 21.4. The number of piperidine rings is 1. The minimum atomic E-state index is -4.49. The molecule has 1 fully saturated rings. The summed E-state index contributed by atoms with van der Waals surface area (Å²) in [4.78, 5) is 6.63. The Morgan fingerprint density at radius 2 is 1.87 bits per heavy atom. The van der Waals surface area contributed by atoms with Crippen LogP contribution in [0.4, 0.5) is 13.2 Å². The van der Waals surface area contributed by atoms with Crippen molar-refractivity contribution < 1.29 is 27.2 Å². The predicted octanol–water partition coefficient (Wildman–Crippen LogP) is 4.95. The monoisotopic (exact) mass is 435 g/mol. The second-order valence-corrected chi connectivity index (χ2v) is 7.77. The van der Waals surface area contributed by atoms with Crippen molar-refractivity contribution >= 4 is 11.1 Å². The number of nitrogens with zero attached hydrogens (tertiary/aromatic N) is 3. The third-order valence-electron chi connectivity index (χ3n) is 5.83. The molecule has 0 atom stereocenters. The molecule has 1 aliphatic heterocycles. The number of fused-ring (bicyclic) bond motifs is 1. The summed E-state index contributed by atoms with van der Waals surface area (Å²) in [6, 6.07) is 6.83. The molecule has 0 unspecified atom stereocenters. The van der Waals surface area contributed by atoms with E-state index in [1.807, 2.05) is 18.2 Å². The van der Waals surface area contributed by atoms with Crippen molar-refractivity contribution in [3.05, 3.63) is 46.8 Å². The van der Waals surface area contributed by atoms with Crippen LogP contribution in [0.15, 0.2) is 28.8 Å². The van der Waals surface area contributed by atoms with Crippen LogP contribution in [-0.2, 0) is 12.7 Å². The van der Waals surface area contributed by atoms with Crippen molar-refractivity contribution in [2.75, 3.05) is 27.3 Å². The van der Waals surface area contributed by atoms with Crippen molar-refractivity contribution in [2.24, 2.45) is 0 Å². The molecule has 0 N–H and O–H groups in total. The predicted molar refractivity (Wildman–Crippen MR) is 108 cm³/mol. The molecule has 0 saturated carbocycles. The Bertz CT molecular complexity index is 1070. The molecule has 2 aromatic heterocycles. The molecular weight excluding hydrogens is 411 g/mol. The average Bonchev–Trinajstić information content (AvgIpc) is 3.13. The lowest BCUT2D eigenvalue weighted by Crippen LogP contribution is -2.33. The van der Waals surface area contributed by atoms with Gasteiger partial charge >= 0.3 is 6.18 Å². The van der Waals surface area contributed by atoms with Crippen LogP contribution < -0.4 is 9.47 Å². The molecule has 0 spiro atoms. The summed E-state index contributed by atoms with van der Waals surface area (Å²) < 4.78 is 56.7. The first-order chi connectivity index (χ1) is 14.8. The molecule has 1 aromatic carbocycles. The van der Waals surface area contributed by atoms with E-state index in [0.717, 1.165) is 36.2 Å². The second kappa shape index (κ2) is 8.37. The number of aryl methyl sites for hydroxylation is 1. The van der Waals surface area contributed by atoms with Crippen LogP contribution in [0.25, 0.3) is 11.1 Å². The number of rotatable bonds is 5. The molecular formula is C22H24F3N3O3. The number of benzene rings is 1. The van der Waals surface area contributed by atoms with Gasteiger partial charge in [0.25, 0.3) is 5.71 Å². The van der Waals surface area contributed by atoms with Gasteiger partial charge in [-0.25, -0.2) is 4.98 Å².